The molecular formula is C24H48NO8P. The number of esters is 1. The molecule has 0 spiro atoms. The molecule has 4 N–H and O–H groups in total. The van der Waals surface area contributed by atoms with Crippen LogP contribution in [-0.2, 0) is 27.9 Å². The summed E-state index contributed by atoms with van der Waals surface area (Å²) in [4.78, 5) is 32.0. The molecule has 0 aromatic rings. The fourth-order valence-corrected chi connectivity index (χ4v) is 4.26. The van der Waals surface area contributed by atoms with Gasteiger partial charge in [0.2, 0.25) is 0 Å². The van der Waals surface area contributed by atoms with Crippen LogP contribution in [0.1, 0.15) is 117 Å². The van der Waals surface area contributed by atoms with E-state index in [1.807, 2.05) is 0 Å². The minimum absolute atomic E-state index is 0.295. The first-order valence-corrected chi connectivity index (χ1v) is 14.5. The highest BCUT2D eigenvalue weighted by molar-refractivity contribution is 7.47. The summed E-state index contributed by atoms with van der Waals surface area (Å²) in [6.45, 7) is 2.77. The highest BCUT2D eigenvalue weighted by Gasteiger charge is 2.26. The maximum atomic E-state index is 11.9. The molecule has 9 nitrogen and oxygen atoms in total. The number of carboxylic acids is 1. The van der Waals surface area contributed by atoms with Gasteiger partial charge in [-0.2, -0.15) is 0 Å². The Morgan fingerprint density at radius 1 is 0.794 bits per heavy atom. The number of aliphatic carboxylic acids is 1. The second-order valence-electron chi connectivity index (χ2n) is 9.01. The molecule has 202 valence electrons. The highest BCUT2D eigenvalue weighted by Crippen LogP contribution is 2.43. The number of rotatable bonds is 24. The largest absolute Gasteiger partial charge is 0.480 e. The van der Waals surface area contributed by atoms with Gasteiger partial charge >= 0.3 is 19.8 Å². The third kappa shape index (κ3) is 21.5. The van der Waals surface area contributed by atoms with Gasteiger partial charge in [-0.3, -0.25) is 18.6 Å². The Morgan fingerprint density at radius 3 is 1.65 bits per heavy atom. The molecule has 0 amide bonds. The van der Waals surface area contributed by atoms with Crippen molar-refractivity contribution in [3.63, 3.8) is 0 Å². The zero-order chi connectivity index (χ0) is 25.7. The lowest BCUT2D eigenvalue weighted by Crippen LogP contribution is -2.34. The van der Waals surface area contributed by atoms with Gasteiger partial charge < -0.3 is 20.5 Å². The quantitative estimate of drug-likeness (QED) is 0.0844. The Kier molecular flexibility index (Phi) is 20.7. The van der Waals surface area contributed by atoms with Gasteiger partial charge in [-0.25, -0.2) is 4.57 Å². The minimum atomic E-state index is -4.47. The Labute approximate surface area is 205 Å². The summed E-state index contributed by atoms with van der Waals surface area (Å²) in [6, 6.07) is -1.44. The van der Waals surface area contributed by atoms with Gasteiger partial charge in [0.1, 0.15) is 12.1 Å². The number of hydrogen-bond acceptors (Lipinski definition) is 7. The number of unbranched alkanes of at least 4 members (excludes halogenated alkanes) is 14. The lowest BCUT2D eigenvalue weighted by atomic mass is 10.0. The molecule has 0 saturated heterocycles. The fourth-order valence-electron chi connectivity index (χ4n) is 3.44. The van der Waals surface area contributed by atoms with Crippen molar-refractivity contribution in [1.29, 1.82) is 0 Å². The van der Waals surface area contributed by atoms with Crippen molar-refractivity contribution >= 4 is 19.8 Å². The Morgan fingerprint density at radius 2 is 1.21 bits per heavy atom. The van der Waals surface area contributed by atoms with Crippen molar-refractivity contribution in [2.75, 3.05) is 13.2 Å². The predicted molar refractivity (Wildman–Crippen MR) is 132 cm³/mol. The number of ether oxygens (including phenoxy) is 1. The lowest BCUT2D eigenvalue weighted by molar-refractivity contribution is -0.150. The molecule has 0 aromatic carbocycles. The van der Waals surface area contributed by atoms with E-state index in [-0.39, 0.29) is 12.6 Å². The van der Waals surface area contributed by atoms with Crippen LogP contribution in [0.3, 0.4) is 0 Å². The molecule has 0 aliphatic rings. The molecule has 0 aliphatic carbocycles. The molecule has 0 fully saturated rings. The van der Waals surface area contributed by atoms with E-state index in [2.05, 4.69) is 11.4 Å². The summed E-state index contributed by atoms with van der Waals surface area (Å²) >= 11 is 0. The van der Waals surface area contributed by atoms with Crippen LogP contribution in [0.5, 0.6) is 0 Å². The smallest absolute Gasteiger partial charge is 0.472 e. The molecule has 0 aromatic heterocycles. The van der Waals surface area contributed by atoms with Crippen LogP contribution in [0.4, 0.5) is 0 Å². The molecule has 0 heterocycles. The Balaban J connectivity index is 3.57. The maximum Gasteiger partial charge on any atom is 0.472 e. The number of phosphoric ester groups is 1. The van der Waals surface area contributed by atoms with E-state index in [1.165, 1.54) is 84.0 Å². The number of carboxylic acid groups (broad SMARTS) is 1. The molecule has 10 heteroatoms. The fraction of sp³-hybridized carbons (Fsp3) is 0.917. The van der Waals surface area contributed by atoms with Crippen molar-refractivity contribution in [1.82, 2.24) is 0 Å². The molecule has 3 atom stereocenters. The third-order valence-electron chi connectivity index (χ3n) is 5.52. The van der Waals surface area contributed by atoms with Crippen molar-refractivity contribution in [3.8, 4) is 0 Å². The predicted octanol–water partition coefficient (Wildman–Crippen LogP) is 5.73. The summed E-state index contributed by atoms with van der Waals surface area (Å²) < 4.78 is 26.1. The summed E-state index contributed by atoms with van der Waals surface area (Å²) in [5.74, 6) is -1.74. The van der Waals surface area contributed by atoms with Gasteiger partial charge in [-0.05, 0) is 13.3 Å². The molecule has 0 aliphatic heterocycles. The highest BCUT2D eigenvalue weighted by atomic mass is 31.2. The number of carbonyl (C=O) groups is 2. The summed E-state index contributed by atoms with van der Waals surface area (Å²) in [5.41, 5.74) is 5.19. The van der Waals surface area contributed by atoms with Crippen molar-refractivity contribution in [2.45, 2.75) is 129 Å². The molecular weight excluding hydrogens is 461 g/mol. The summed E-state index contributed by atoms with van der Waals surface area (Å²) in [5, 5.41) is 8.63. The Bertz CT molecular complexity index is 575. The average Bonchev–Trinajstić information content (AvgIpc) is 2.78. The third-order valence-corrected chi connectivity index (χ3v) is 6.47. The van der Waals surface area contributed by atoms with Gasteiger partial charge in [0, 0.05) is 6.42 Å². The number of carbonyl (C=O) groups excluding carboxylic acids is 1. The van der Waals surface area contributed by atoms with Crippen molar-refractivity contribution < 1.29 is 37.9 Å². The minimum Gasteiger partial charge on any atom is -0.480 e. The summed E-state index contributed by atoms with van der Waals surface area (Å²) in [7, 11) is -4.47. The van der Waals surface area contributed by atoms with E-state index in [1.54, 1.807) is 0 Å². The average molecular weight is 510 g/mol. The number of hydrogen-bond donors (Lipinski definition) is 3. The number of phosphoric acid groups is 1. The van der Waals surface area contributed by atoms with E-state index >= 15 is 0 Å². The molecule has 0 rings (SSSR count). The lowest BCUT2D eigenvalue weighted by Gasteiger charge is -2.17. The van der Waals surface area contributed by atoms with E-state index in [9.17, 15) is 19.0 Å². The van der Waals surface area contributed by atoms with Crippen LogP contribution in [-0.4, -0.2) is 47.3 Å². The molecule has 34 heavy (non-hydrogen) atoms. The second kappa shape index (κ2) is 21.3. The van der Waals surface area contributed by atoms with E-state index < -0.39 is 32.5 Å². The second-order valence-corrected chi connectivity index (χ2v) is 10.5. The first kappa shape index (κ1) is 33.0. The van der Waals surface area contributed by atoms with Crippen LogP contribution < -0.4 is 5.73 Å². The SMILES string of the molecule is CCCCCCCCCCCCCCCCCC(=O)O[C@H](C)COP(=O)(O)OC[C@H](N)C(=O)O. The maximum absolute atomic E-state index is 11.9. The van der Waals surface area contributed by atoms with Crippen LogP contribution in [0.15, 0.2) is 0 Å². The van der Waals surface area contributed by atoms with Crippen molar-refractivity contribution in [3.05, 3.63) is 0 Å². The van der Waals surface area contributed by atoms with Crippen LogP contribution in [0.25, 0.3) is 0 Å². The Hall–Kier alpha value is -0.990. The van der Waals surface area contributed by atoms with Gasteiger partial charge in [-0.1, -0.05) is 96.8 Å². The van der Waals surface area contributed by atoms with E-state index in [0.717, 1.165) is 19.3 Å². The van der Waals surface area contributed by atoms with Crippen LogP contribution in [0, 0.1) is 0 Å². The molecule has 0 saturated carbocycles. The first-order chi connectivity index (χ1) is 16.2. The van der Waals surface area contributed by atoms with E-state index in [0.29, 0.717) is 6.42 Å². The molecule has 1 unspecified atom stereocenters. The molecule has 0 bridgehead atoms. The van der Waals surface area contributed by atoms with Gasteiger partial charge in [0.15, 0.2) is 0 Å². The zero-order valence-electron chi connectivity index (χ0n) is 21.3. The zero-order valence-corrected chi connectivity index (χ0v) is 22.1. The topological polar surface area (TPSA) is 145 Å². The first-order valence-electron chi connectivity index (χ1n) is 13.0. The van der Waals surface area contributed by atoms with Crippen LogP contribution >= 0.6 is 7.82 Å². The number of nitrogens with two attached hydrogens (primary N) is 1. The van der Waals surface area contributed by atoms with E-state index in [4.69, 9.17) is 20.1 Å². The normalized spacial score (nSPS) is 14.9. The van der Waals surface area contributed by atoms with Gasteiger partial charge in [0.25, 0.3) is 0 Å². The standard InChI is InChI=1S/C24H48NO8P/c1-3-4-5-6-7-8-9-10-11-12-13-14-15-16-17-18-23(26)33-21(2)19-31-34(29,30)32-20-22(25)24(27)28/h21-22H,3-20,25H2,1-2H3,(H,27,28)(H,29,30)/t21-,22+/m1/s1. The van der Waals surface area contributed by atoms with Gasteiger partial charge in [0.05, 0.1) is 13.2 Å². The summed E-state index contributed by atoms with van der Waals surface area (Å²) in [6.07, 6.45) is 18.3. The van der Waals surface area contributed by atoms with Gasteiger partial charge in [-0.15, -0.1) is 0 Å². The molecule has 0 radical (unpaired) electrons. The van der Waals surface area contributed by atoms with Crippen LogP contribution in [0.2, 0.25) is 0 Å². The van der Waals surface area contributed by atoms with Crippen molar-refractivity contribution in [2.24, 2.45) is 5.73 Å². The monoisotopic (exact) mass is 509 g/mol.